The zero-order valence-electron chi connectivity index (χ0n) is 28.3. The fraction of sp³-hybridized carbons (Fsp3) is 0.966. The van der Waals surface area contributed by atoms with Crippen LogP contribution in [-0.4, -0.2) is 190 Å². The van der Waals surface area contributed by atoms with Gasteiger partial charge in [-0.25, -0.2) is 0 Å². The molecule has 0 spiro atoms. The molecule has 0 aromatic heterocycles. The van der Waals surface area contributed by atoms with Crippen LogP contribution in [0.5, 0.6) is 0 Å². The van der Waals surface area contributed by atoms with Gasteiger partial charge in [0.05, 0.1) is 19.8 Å². The summed E-state index contributed by atoms with van der Waals surface area (Å²) >= 11 is 0. The highest BCUT2D eigenvalue weighted by atomic mass is 16.8. The Morgan fingerprint density at radius 1 is 0.556 bits per heavy atom. The van der Waals surface area contributed by atoms with Crippen LogP contribution in [0.4, 0.5) is 0 Å². The molecular weight excluding hydrogens is 604 g/mol. The lowest BCUT2D eigenvalue weighted by Gasteiger charge is -2.49. The van der Waals surface area contributed by atoms with Crippen LogP contribution in [0, 0.1) is 0 Å². The van der Waals surface area contributed by atoms with E-state index in [-0.39, 0.29) is 19.8 Å². The van der Waals surface area contributed by atoms with Gasteiger partial charge in [-0.3, -0.25) is 0 Å². The molecule has 2 saturated heterocycles. The van der Waals surface area contributed by atoms with Crippen molar-refractivity contribution in [3.05, 3.63) is 0 Å². The molecule has 2 rings (SSSR count). The molecule has 0 aromatic rings. The average molecular weight is 659 g/mol. The van der Waals surface area contributed by atoms with E-state index in [4.69, 9.17) is 71.1 Å². The van der Waals surface area contributed by atoms with E-state index in [9.17, 15) is 4.79 Å². The van der Waals surface area contributed by atoms with Crippen molar-refractivity contribution in [3.8, 4) is 0 Å². The van der Waals surface area contributed by atoms with Crippen molar-refractivity contribution in [1.29, 1.82) is 0 Å². The average Bonchev–Trinajstić information content (AvgIpc) is 3.05. The molecular formula is C29H54O16. The van der Waals surface area contributed by atoms with Crippen molar-refractivity contribution in [2.45, 2.75) is 85.8 Å². The molecule has 2 fully saturated rings. The highest BCUT2D eigenvalue weighted by molar-refractivity contribution is 5.57. The highest BCUT2D eigenvalue weighted by Crippen LogP contribution is 2.34. The maximum atomic E-state index is 11.6. The van der Waals surface area contributed by atoms with Gasteiger partial charge in [-0.05, 0) is 0 Å². The molecule has 16 nitrogen and oxygen atoms in total. The van der Waals surface area contributed by atoms with Crippen LogP contribution in [0.1, 0.15) is 0 Å². The second kappa shape index (κ2) is 21.1. The Balaban J connectivity index is 2.39. The summed E-state index contributed by atoms with van der Waals surface area (Å²) in [5.74, 6) is 0. The smallest absolute Gasteiger partial charge is 0.187 e. The Morgan fingerprint density at radius 3 is 1.47 bits per heavy atom. The van der Waals surface area contributed by atoms with Crippen LogP contribution in [-0.2, 0) is 75.8 Å². The van der Waals surface area contributed by atoms with Crippen molar-refractivity contribution in [2.75, 3.05) is 98.0 Å². The summed E-state index contributed by atoms with van der Waals surface area (Å²) < 4.78 is 87.7. The van der Waals surface area contributed by atoms with Gasteiger partial charge in [0.1, 0.15) is 73.2 Å². The van der Waals surface area contributed by atoms with Crippen molar-refractivity contribution >= 4 is 6.29 Å². The zero-order valence-corrected chi connectivity index (χ0v) is 28.3. The molecule has 16 heteroatoms. The third-order valence-electron chi connectivity index (χ3n) is 8.19. The van der Waals surface area contributed by atoms with Gasteiger partial charge in [-0.2, -0.15) is 0 Å². The van der Waals surface area contributed by atoms with E-state index in [1.807, 2.05) is 0 Å². The number of carbonyl (C=O) groups is 1. The highest BCUT2D eigenvalue weighted by Gasteiger charge is 2.54. The third kappa shape index (κ3) is 9.81. The minimum absolute atomic E-state index is 0.0451. The number of aldehydes is 1. The van der Waals surface area contributed by atoms with E-state index >= 15 is 0 Å². The monoisotopic (exact) mass is 658 g/mol. The lowest BCUT2D eigenvalue weighted by Crippen LogP contribution is -2.66. The van der Waals surface area contributed by atoms with E-state index in [2.05, 4.69) is 0 Å². The number of rotatable bonds is 22. The van der Waals surface area contributed by atoms with Gasteiger partial charge in [-0.1, -0.05) is 0 Å². The fourth-order valence-electron chi connectivity index (χ4n) is 5.95. The second-order valence-electron chi connectivity index (χ2n) is 10.4. The molecule has 0 aromatic carbocycles. The lowest BCUT2D eigenvalue weighted by molar-refractivity contribution is -0.369. The molecule has 0 bridgehead atoms. The van der Waals surface area contributed by atoms with Crippen molar-refractivity contribution in [1.82, 2.24) is 0 Å². The largest absolute Gasteiger partial charge is 0.382 e. The molecule has 0 N–H and O–H groups in total. The van der Waals surface area contributed by atoms with Gasteiger partial charge >= 0.3 is 0 Å². The first kappa shape index (κ1) is 40.2. The first-order valence-electron chi connectivity index (χ1n) is 14.6. The number of ether oxygens (including phenoxy) is 15. The predicted octanol–water partition coefficient (Wildman–Crippen LogP) is -0.535. The maximum Gasteiger partial charge on any atom is 0.187 e. The summed E-state index contributed by atoms with van der Waals surface area (Å²) in [6.07, 6.45) is -9.64. The van der Waals surface area contributed by atoms with Gasteiger partial charge in [0, 0.05) is 78.2 Å². The van der Waals surface area contributed by atoms with Gasteiger partial charge in [0.25, 0.3) is 0 Å². The molecule has 0 aliphatic carbocycles. The van der Waals surface area contributed by atoms with Crippen molar-refractivity contribution in [2.24, 2.45) is 0 Å². The Labute approximate surface area is 266 Å². The molecule has 0 amide bonds. The summed E-state index contributed by atoms with van der Waals surface area (Å²) in [5, 5.41) is 0. The second-order valence-corrected chi connectivity index (χ2v) is 10.4. The Morgan fingerprint density at radius 2 is 1.04 bits per heavy atom. The fourth-order valence-corrected chi connectivity index (χ4v) is 5.95. The number of carbonyl (C=O) groups excluding carboxylic acids is 1. The zero-order chi connectivity index (χ0) is 33.5. The topological polar surface area (TPSA) is 156 Å². The molecule has 2 heterocycles. The van der Waals surface area contributed by atoms with Gasteiger partial charge in [0.15, 0.2) is 18.9 Å². The minimum Gasteiger partial charge on any atom is -0.382 e. The number of hydrogen-bond donors (Lipinski definition) is 0. The van der Waals surface area contributed by atoms with E-state index in [1.54, 1.807) is 28.4 Å². The SMILES string of the molecule is COCC1OC(OC2C(OC)C(COC)OC(OCC(OC)C(OC)C(OC)C(C=O)OC)C2OC)C(OC)C(OC)C1OC. The summed E-state index contributed by atoms with van der Waals surface area (Å²) in [5.41, 5.74) is 0. The third-order valence-corrected chi connectivity index (χ3v) is 8.19. The minimum atomic E-state index is -0.990. The number of methoxy groups -OCH3 is 11. The first-order chi connectivity index (χ1) is 21.8. The summed E-state index contributed by atoms with van der Waals surface area (Å²) in [4.78, 5) is 11.6. The molecule has 14 unspecified atom stereocenters. The van der Waals surface area contributed by atoms with E-state index in [0.29, 0.717) is 6.29 Å². The maximum absolute atomic E-state index is 11.6. The lowest BCUT2D eigenvalue weighted by atomic mass is 9.96. The van der Waals surface area contributed by atoms with Crippen LogP contribution in [0.15, 0.2) is 0 Å². The van der Waals surface area contributed by atoms with Gasteiger partial charge < -0.3 is 75.8 Å². The van der Waals surface area contributed by atoms with Crippen LogP contribution < -0.4 is 0 Å². The van der Waals surface area contributed by atoms with Crippen LogP contribution in [0.2, 0.25) is 0 Å². The Kier molecular flexibility index (Phi) is 18.9. The van der Waals surface area contributed by atoms with E-state index < -0.39 is 85.8 Å². The van der Waals surface area contributed by atoms with Crippen LogP contribution >= 0.6 is 0 Å². The molecule has 266 valence electrons. The van der Waals surface area contributed by atoms with E-state index in [1.165, 1.54) is 49.8 Å². The van der Waals surface area contributed by atoms with Crippen molar-refractivity contribution < 1.29 is 75.8 Å². The first-order valence-corrected chi connectivity index (χ1v) is 14.6. The molecule has 2 aliphatic rings. The number of hydrogen-bond acceptors (Lipinski definition) is 16. The molecule has 0 radical (unpaired) electrons. The standard InChI is InChI=1S/C29H54O16/c1-31-13-18-22(37-7)24(39-9)26(40-10)29(44-18)45-25-23(38-8)19(14-32-2)43-28(27(25)41-11)42-15-17(34-4)21(36-6)20(35-5)16(12-30)33-3/h12,16-29H,13-15H2,1-11H3. The normalized spacial score (nSPS) is 35.1. The Hall–Kier alpha value is -0.930. The van der Waals surface area contributed by atoms with Crippen LogP contribution in [0.25, 0.3) is 0 Å². The summed E-state index contributed by atoms with van der Waals surface area (Å²) in [6.45, 7) is 0.329. The molecule has 45 heavy (non-hydrogen) atoms. The predicted molar refractivity (Wildman–Crippen MR) is 155 cm³/mol. The van der Waals surface area contributed by atoms with Gasteiger partial charge in [-0.15, -0.1) is 0 Å². The molecule has 0 saturated carbocycles. The van der Waals surface area contributed by atoms with Gasteiger partial charge in [0.2, 0.25) is 0 Å². The van der Waals surface area contributed by atoms with E-state index in [0.717, 1.165) is 0 Å². The molecule has 2 aliphatic heterocycles. The summed E-state index contributed by atoms with van der Waals surface area (Å²) in [7, 11) is 16.7. The van der Waals surface area contributed by atoms with Crippen LogP contribution in [0.3, 0.4) is 0 Å². The Bertz CT molecular complexity index is 793. The summed E-state index contributed by atoms with van der Waals surface area (Å²) in [6, 6.07) is 0. The van der Waals surface area contributed by atoms with Crippen molar-refractivity contribution in [3.63, 3.8) is 0 Å². The quantitative estimate of drug-likeness (QED) is 0.137. The molecule has 14 atom stereocenters.